The molecule has 1 rings (SSSR count). The number of rotatable bonds is 4. The lowest BCUT2D eigenvalue weighted by atomic mass is 10.0. The molecule has 0 aromatic rings. The minimum Gasteiger partial charge on any atom is -0.389 e. The average Bonchev–Trinajstić information content (AvgIpc) is 2.38. The zero-order valence-electron chi connectivity index (χ0n) is 6.97. The van der Waals surface area contributed by atoms with Crippen molar-refractivity contribution in [1.82, 2.24) is 5.32 Å². The molecule has 0 aliphatic heterocycles. The van der Waals surface area contributed by atoms with Crippen LogP contribution < -0.4 is 11.1 Å². The molecule has 1 fully saturated rings. The molecule has 66 valence electrons. The van der Waals surface area contributed by atoms with E-state index >= 15 is 0 Å². The van der Waals surface area contributed by atoms with Crippen molar-refractivity contribution in [1.29, 1.82) is 0 Å². The van der Waals surface area contributed by atoms with Gasteiger partial charge in [0.25, 0.3) is 0 Å². The van der Waals surface area contributed by atoms with Crippen molar-refractivity contribution in [3.8, 4) is 0 Å². The van der Waals surface area contributed by atoms with Gasteiger partial charge in [0.1, 0.15) is 0 Å². The van der Waals surface area contributed by atoms with E-state index in [0.717, 1.165) is 19.4 Å². The molecular weight excluding hydrogens is 140 g/mol. The van der Waals surface area contributed by atoms with Crippen molar-refractivity contribution in [3.63, 3.8) is 0 Å². The van der Waals surface area contributed by atoms with Gasteiger partial charge in [0.2, 0.25) is 0 Å². The summed E-state index contributed by atoms with van der Waals surface area (Å²) in [4.78, 5) is 0. The minimum absolute atomic E-state index is 0.421. The molecule has 3 nitrogen and oxygen atoms in total. The fourth-order valence-corrected chi connectivity index (χ4v) is 1.63. The van der Waals surface area contributed by atoms with Crippen LogP contribution in [-0.2, 0) is 0 Å². The van der Waals surface area contributed by atoms with Gasteiger partial charge in [-0.25, -0.2) is 0 Å². The molecule has 0 unspecified atom stereocenters. The lowest BCUT2D eigenvalue weighted by Gasteiger charge is -2.22. The quantitative estimate of drug-likeness (QED) is 0.498. The molecule has 0 radical (unpaired) electrons. The van der Waals surface area contributed by atoms with Gasteiger partial charge in [-0.3, -0.25) is 0 Å². The maximum absolute atomic E-state index is 9.81. The summed E-state index contributed by atoms with van der Waals surface area (Å²) in [6.07, 6.45) is 4.23. The summed E-state index contributed by atoms with van der Waals surface area (Å²) in [6, 6.07) is 0. The van der Waals surface area contributed by atoms with Crippen molar-refractivity contribution in [3.05, 3.63) is 0 Å². The summed E-state index contributed by atoms with van der Waals surface area (Å²) < 4.78 is 0. The first kappa shape index (κ1) is 8.97. The highest BCUT2D eigenvalue weighted by Crippen LogP contribution is 2.28. The van der Waals surface area contributed by atoms with Crippen LogP contribution in [0.2, 0.25) is 0 Å². The van der Waals surface area contributed by atoms with E-state index in [-0.39, 0.29) is 0 Å². The Kier molecular flexibility index (Phi) is 3.30. The van der Waals surface area contributed by atoms with E-state index in [1.54, 1.807) is 0 Å². The van der Waals surface area contributed by atoms with Gasteiger partial charge in [-0.2, -0.15) is 0 Å². The summed E-state index contributed by atoms with van der Waals surface area (Å²) in [5, 5.41) is 13.0. The average molecular weight is 158 g/mol. The molecule has 0 bridgehead atoms. The first-order chi connectivity index (χ1) is 5.27. The third-order valence-electron chi connectivity index (χ3n) is 2.31. The van der Waals surface area contributed by atoms with E-state index in [4.69, 9.17) is 5.73 Å². The van der Waals surface area contributed by atoms with Crippen molar-refractivity contribution >= 4 is 0 Å². The Labute approximate surface area is 68.0 Å². The van der Waals surface area contributed by atoms with E-state index in [2.05, 4.69) is 5.32 Å². The van der Waals surface area contributed by atoms with Gasteiger partial charge >= 0.3 is 0 Å². The normalized spacial score (nSPS) is 22.4. The SMILES string of the molecule is NCCNCC1(O)CCCC1. The third kappa shape index (κ3) is 2.77. The van der Waals surface area contributed by atoms with Gasteiger partial charge < -0.3 is 16.2 Å². The van der Waals surface area contributed by atoms with Crippen LogP contribution in [0.4, 0.5) is 0 Å². The topological polar surface area (TPSA) is 58.3 Å². The molecule has 0 saturated heterocycles. The van der Waals surface area contributed by atoms with Gasteiger partial charge in [0, 0.05) is 19.6 Å². The molecule has 3 heteroatoms. The molecule has 1 aliphatic carbocycles. The zero-order chi connectivity index (χ0) is 8.16. The number of aliphatic hydroxyl groups is 1. The molecule has 0 aromatic heterocycles. The summed E-state index contributed by atoms with van der Waals surface area (Å²) in [6.45, 7) is 2.17. The largest absolute Gasteiger partial charge is 0.389 e. The Bertz CT molecular complexity index is 111. The second kappa shape index (κ2) is 4.04. The first-order valence-electron chi connectivity index (χ1n) is 4.40. The second-order valence-corrected chi connectivity index (χ2v) is 3.40. The van der Waals surface area contributed by atoms with E-state index in [1.165, 1.54) is 12.8 Å². The number of hydrogen-bond donors (Lipinski definition) is 3. The molecule has 1 saturated carbocycles. The smallest absolute Gasteiger partial charge is 0.0771 e. The van der Waals surface area contributed by atoms with Gasteiger partial charge in [-0.05, 0) is 12.8 Å². The van der Waals surface area contributed by atoms with Crippen molar-refractivity contribution in [2.24, 2.45) is 5.73 Å². The van der Waals surface area contributed by atoms with Crippen LogP contribution >= 0.6 is 0 Å². The summed E-state index contributed by atoms with van der Waals surface area (Å²) in [7, 11) is 0. The van der Waals surface area contributed by atoms with Crippen LogP contribution in [0, 0.1) is 0 Å². The summed E-state index contributed by atoms with van der Waals surface area (Å²) in [5.41, 5.74) is 4.89. The first-order valence-corrected chi connectivity index (χ1v) is 4.40. The molecule has 0 spiro atoms. The molecular formula is C8H18N2O. The molecule has 0 aromatic carbocycles. The van der Waals surface area contributed by atoms with Crippen molar-refractivity contribution in [2.45, 2.75) is 31.3 Å². The van der Waals surface area contributed by atoms with Gasteiger partial charge in [-0.1, -0.05) is 12.8 Å². The van der Waals surface area contributed by atoms with E-state index < -0.39 is 5.60 Å². The standard InChI is InChI=1S/C8H18N2O/c9-5-6-10-7-8(11)3-1-2-4-8/h10-11H,1-7,9H2. The Morgan fingerprint density at radius 3 is 2.55 bits per heavy atom. The Morgan fingerprint density at radius 2 is 2.00 bits per heavy atom. The van der Waals surface area contributed by atoms with Crippen LogP contribution in [0.5, 0.6) is 0 Å². The van der Waals surface area contributed by atoms with Crippen LogP contribution in [-0.4, -0.2) is 30.3 Å². The van der Waals surface area contributed by atoms with Crippen molar-refractivity contribution < 1.29 is 5.11 Å². The molecule has 4 N–H and O–H groups in total. The second-order valence-electron chi connectivity index (χ2n) is 3.40. The van der Waals surface area contributed by atoms with Crippen LogP contribution in [0.25, 0.3) is 0 Å². The monoisotopic (exact) mass is 158 g/mol. The minimum atomic E-state index is -0.421. The van der Waals surface area contributed by atoms with E-state index in [0.29, 0.717) is 13.1 Å². The highest BCUT2D eigenvalue weighted by atomic mass is 16.3. The summed E-state index contributed by atoms with van der Waals surface area (Å²) >= 11 is 0. The summed E-state index contributed by atoms with van der Waals surface area (Å²) in [5.74, 6) is 0. The van der Waals surface area contributed by atoms with Gasteiger partial charge in [0.15, 0.2) is 0 Å². The van der Waals surface area contributed by atoms with Gasteiger partial charge in [0.05, 0.1) is 5.60 Å². The van der Waals surface area contributed by atoms with E-state index in [9.17, 15) is 5.11 Å². The highest BCUT2D eigenvalue weighted by Gasteiger charge is 2.29. The Balaban J connectivity index is 2.13. The Morgan fingerprint density at radius 1 is 1.36 bits per heavy atom. The fourth-order valence-electron chi connectivity index (χ4n) is 1.63. The van der Waals surface area contributed by atoms with Crippen molar-refractivity contribution in [2.75, 3.05) is 19.6 Å². The lowest BCUT2D eigenvalue weighted by Crippen LogP contribution is -2.39. The van der Waals surface area contributed by atoms with E-state index in [1.807, 2.05) is 0 Å². The molecule has 1 aliphatic rings. The fraction of sp³-hybridized carbons (Fsp3) is 1.00. The van der Waals surface area contributed by atoms with Gasteiger partial charge in [-0.15, -0.1) is 0 Å². The molecule has 11 heavy (non-hydrogen) atoms. The maximum atomic E-state index is 9.81. The zero-order valence-corrected chi connectivity index (χ0v) is 6.97. The molecule has 0 atom stereocenters. The molecule has 0 heterocycles. The predicted octanol–water partition coefficient (Wildman–Crippen LogP) is -0.160. The van der Waals surface area contributed by atoms with Crippen LogP contribution in [0.15, 0.2) is 0 Å². The highest BCUT2D eigenvalue weighted by molar-refractivity contribution is 4.85. The Hall–Kier alpha value is -0.120. The molecule has 0 amide bonds. The predicted molar refractivity (Wildman–Crippen MR) is 45.3 cm³/mol. The number of hydrogen-bond acceptors (Lipinski definition) is 3. The lowest BCUT2D eigenvalue weighted by molar-refractivity contribution is 0.0482. The van der Waals surface area contributed by atoms with Crippen LogP contribution in [0.1, 0.15) is 25.7 Å². The van der Waals surface area contributed by atoms with Crippen LogP contribution in [0.3, 0.4) is 0 Å². The number of nitrogens with two attached hydrogens (primary N) is 1. The third-order valence-corrected chi connectivity index (χ3v) is 2.31. The maximum Gasteiger partial charge on any atom is 0.0771 e. The number of nitrogens with one attached hydrogen (secondary N) is 1.